The molecule has 0 bridgehead atoms. The molecule has 0 radical (unpaired) electrons. The number of benzene rings is 3. The zero-order valence-electron chi connectivity index (χ0n) is 18.8. The van der Waals surface area contributed by atoms with Crippen molar-refractivity contribution in [1.29, 1.82) is 0 Å². The number of aryl methyl sites for hydroxylation is 1. The van der Waals surface area contributed by atoms with Crippen LogP contribution in [0.25, 0.3) is 16.9 Å². The van der Waals surface area contributed by atoms with Crippen LogP contribution in [0.5, 0.6) is 0 Å². The van der Waals surface area contributed by atoms with Crippen molar-refractivity contribution in [1.82, 2.24) is 20.4 Å². The molecule has 1 heterocycles. The van der Waals surface area contributed by atoms with Gasteiger partial charge in [0.2, 0.25) is 5.91 Å². The molecule has 0 saturated heterocycles. The molecule has 4 aromatic rings. The lowest BCUT2D eigenvalue weighted by molar-refractivity contribution is -0.120. The Hall–Kier alpha value is -4.26. The largest absolute Gasteiger partial charge is 0.354 e. The number of carbonyl (C=O) groups excluding carboxylic acids is 2. The van der Waals surface area contributed by atoms with Crippen LogP contribution >= 0.6 is 0 Å². The van der Waals surface area contributed by atoms with Crippen molar-refractivity contribution in [2.24, 2.45) is 0 Å². The maximum atomic E-state index is 13.4. The number of nitrogens with zero attached hydrogens (tertiary/aromatic N) is 2. The van der Waals surface area contributed by atoms with Gasteiger partial charge in [-0.1, -0.05) is 54.1 Å². The lowest BCUT2D eigenvalue weighted by Gasteiger charge is -2.07. The second kappa shape index (κ2) is 10.6. The minimum absolute atomic E-state index is 0.150. The first-order valence-corrected chi connectivity index (χ1v) is 11.0. The molecular formula is C27H25FN4O2. The van der Waals surface area contributed by atoms with Gasteiger partial charge in [0.1, 0.15) is 11.5 Å². The third kappa shape index (κ3) is 5.75. The first-order valence-electron chi connectivity index (χ1n) is 11.0. The van der Waals surface area contributed by atoms with Gasteiger partial charge in [-0.05, 0) is 49.2 Å². The average molecular weight is 457 g/mol. The summed E-state index contributed by atoms with van der Waals surface area (Å²) in [6, 6.07) is 23.4. The van der Waals surface area contributed by atoms with E-state index in [0.717, 1.165) is 16.7 Å². The summed E-state index contributed by atoms with van der Waals surface area (Å²) in [5.41, 5.74) is 4.36. The minimum atomic E-state index is -0.414. The van der Waals surface area contributed by atoms with Crippen LogP contribution in [0.4, 0.5) is 4.39 Å². The highest BCUT2D eigenvalue weighted by molar-refractivity contribution is 6.01. The van der Waals surface area contributed by atoms with Gasteiger partial charge in [-0.15, -0.1) is 0 Å². The second-order valence-corrected chi connectivity index (χ2v) is 7.95. The molecule has 34 heavy (non-hydrogen) atoms. The fraction of sp³-hybridized carbons (Fsp3) is 0.148. The summed E-state index contributed by atoms with van der Waals surface area (Å²) in [5, 5.41) is 10.1. The average Bonchev–Trinajstić information content (AvgIpc) is 3.29. The van der Waals surface area contributed by atoms with Gasteiger partial charge in [0.15, 0.2) is 0 Å². The second-order valence-electron chi connectivity index (χ2n) is 7.95. The summed E-state index contributed by atoms with van der Waals surface area (Å²) in [7, 11) is 0. The predicted octanol–water partition coefficient (Wildman–Crippen LogP) is 4.08. The van der Waals surface area contributed by atoms with Gasteiger partial charge in [-0.3, -0.25) is 9.59 Å². The number of hydrogen-bond acceptors (Lipinski definition) is 3. The summed E-state index contributed by atoms with van der Waals surface area (Å²) in [5.74, 6) is -1.04. The fourth-order valence-corrected chi connectivity index (χ4v) is 3.58. The predicted molar refractivity (Wildman–Crippen MR) is 129 cm³/mol. The molecule has 4 rings (SSSR count). The van der Waals surface area contributed by atoms with Gasteiger partial charge in [0.25, 0.3) is 5.91 Å². The van der Waals surface area contributed by atoms with E-state index >= 15 is 0 Å². The fourth-order valence-electron chi connectivity index (χ4n) is 3.58. The quantitative estimate of drug-likeness (QED) is 0.420. The van der Waals surface area contributed by atoms with Crippen molar-refractivity contribution in [3.05, 3.63) is 108 Å². The topological polar surface area (TPSA) is 76.0 Å². The van der Waals surface area contributed by atoms with E-state index in [-0.39, 0.29) is 18.3 Å². The molecule has 0 aliphatic carbocycles. The summed E-state index contributed by atoms with van der Waals surface area (Å²) in [4.78, 5) is 25.3. The highest BCUT2D eigenvalue weighted by Crippen LogP contribution is 2.24. The molecule has 0 unspecified atom stereocenters. The van der Waals surface area contributed by atoms with Crippen LogP contribution in [0.15, 0.2) is 85.1 Å². The third-order valence-electron chi connectivity index (χ3n) is 5.33. The Kier molecular flexibility index (Phi) is 7.13. The monoisotopic (exact) mass is 456 g/mol. The van der Waals surface area contributed by atoms with Crippen molar-refractivity contribution in [3.63, 3.8) is 0 Å². The van der Waals surface area contributed by atoms with Gasteiger partial charge in [-0.2, -0.15) is 5.10 Å². The highest BCUT2D eigenvalue weighted by atomic mass is 19.1. The van der Waals surface area contributed by atoms with Crippen molar-refractivity contribution in [2.45, 2.75) is 13.3 Å². The molecule has 2 amide bonds. The molecule has 6 nitrogen and oxygen atoms in total. The van der Waals surface area contributed by atoms with Gasteiger partial charge in [0, 0.05) is 18.3 Å². The molecule has 172 valence electrons. The van der Waals surface area contributed by atoms with Crippen LogP contribution in [-0.4, -0.2) is 34.7 Å². The maximum absolute atomic E-state index is 13.4. The van der Waals surface area contributed by atoms with E-state index in [1.807, 2.05) is 61.5 Å². The maximum Gasteiger partial charge on any atom is 0.255 e. The van der Waals surface area contributed by atoms with Crippen LogP contribution in [0.1, 0.15) is 21.5 Å². The number of rotatable bonds is 8. The summed E-state index contributed by atoms with van der Waals surface area (Å²) >= 11 is 0. The van der Waals surface area contributed by atoms with Gasteiger partial charge in [-0.25, -0.2) is 9.07 Å². The standard InChI is InChI=1S/C27H25FN4O2/c1-19-6-5-9-21(16-19)26-24(18-32(31-26)23-12-10-22(28)11-13-23)27(34)30-17-25(33)29-15-14-20-7-3-2-4-8-20/h2-13,16,18H,14-15,17H2,1H3,(H,29,33)(H,30,34). The Balaban J connectivity index is 1.47. The molecule has 7 heteroatoms. The van der Waals surface area contributed by atoms with Crippen LogP contribution in [-0.2, 0) is 11.2 Å². The van der Waals surface area contributed by atoms with Crippen LogP contribution in [0, 0.1) is 12.7 Å². The van der Waals surface area contributed by atoms with Gasteiger partial charge >= 0.3 is 0 Å². The minimum Gasteiger partial charge on any atom is -0.354 e. The molecule has 0 saturated carbocycles. The Bertz CT molecular complexity index is 1280. The Morgan fingerprint density at radius 1 is 0.941 bits per heavy atom. The van der Waals surface area contributed by atoms with Crippen LogP contribution < -0.4 is 10.6 Å². The third-order valence-corrected chi connectivity index (χ3v) is 5.33. The molecule has 0 fully saturated rings. The lowest BCUT2D eigenvalue weighted by atomic mass is 10.1. The molecule has 3 aromatic carbocycles. The van der Waals surface area contributed by atoms with E-state index in [0.29, 0.717) is 29.9 Å². The zero-order valence-corrected chi connectivity index (χ0v) is 18.8. The number of hydrogen-bond donors (Lipinski definition) is 2. The van der Waals surface area contributed by atoms with E-state index in [1.54, 1.807) is 18.3 Å². The normalized spacial score (nSPS) is 10.6. The van der Waals surface area contributed by atoms with Crippen LogP contribution in [0.2, 0.25) is 0 Å². The number of carbonyl (C=O) groups is 2. The molecule has 2 N–H and O–H groups in total. The van der Waals surface area contributed by atoms with E-state index < -0.39 is 5.91 Å². The smallest absolute Gasteiger partial charge is 0.255 e. The van der Waals surface area contributed by atoms with Crippen molar-refractivity contribution in [2.75, 3.05) is 13.1 Å². The lowest BCUT2D eigenvalue weighted by Crippen LogP contribution is -2.37. The molecule has 1 aromatic heterocycles. The van der Waals surface area contributed by atoms with Crippen molar-refractivity contribution >= 4 is 11.8 Å². The van der Waals surface area contributed by atoms with Gasteiger partial charge in [0.05, 0.1) is 17.8 Å². The van der Waals surface area contributed by atoms with Gasteiger partial charge < -0.3 is 10.6 Å². The Labute approximate surface area is 197 Å². The Morgan fingerprint density at radius 2 is 1.71 bits per heavy atom. The number of halogens is 1. The molecule has 0 atom stereocenters. The number of amides is 2. The molecule has 0 aliphatic heterocycles. The SMILES string of the molecule is Cc1cccc(-c2nn(-c3ccc(F)cc3)cc2C(=O)NCC(=O)NCCc2ccccc2)c1. The zero-order chi connectivity index (χ0) is 23.9. The van der Waals surface area contributed by atoms with Crippen LogP contribution in [0.3, 0.4) is 0 Å². The Morgan fingerprint density at radius 3 is 2.44 bits per heavy atom. The molecule has 0 spiro atoms. The summed E-state index contributed by atoms with van der Waals surface area (Å²) in [6.07, 6.45) is 2.30. The molecule has 0 aliphatic rings. The van der Waals surface area contributed by atoms with E-state index in [9.17, 15) is 14.0 Å². The van der Waals surface area contributed by atoms with E-state index in [2.05, 4.69) is 15.7 Å². The summed E-state index contributed by atoms with van der Waals surface area (Å²) < 4.78 is 14.9. The molecular weight excluding hydrogens is 431 g/mol. The first kappa shape index (κ1) is 22.9. The number of nitrogens with one attached hydrogen (secondary N) is 2. The van der Waals surface area contributed by atoms with E-state index in [1.165, 1.54) is 16.8 Å². The number of aromatic nitrogens is 2. The highest BCUT2D eigenvalue weighted by Gasteiger charge is 2.19. The van der Waals surface area contributed by atoms with Crippen molar-refractivity contribution < 1.29 is 14.0 Å². The summed E-state index contributed by atoms with van der Waals surface area (Å²) in [6.45, 7) is 2.29. The van der Waals surface area contributed by atoms with Crippen molar-refractivity contribution in [3.8, 4) is 16.9 Å². The van der Waals surface area contributed by atoms with E-state index in [4.69, 9.17) is 0 Å². The first-order chi connectivity index (χ1) is 16.5.